The Morgan fingerprint density at radius 3 is 2.71 bits per heavy atom. The van der Waals surface area contributed by atoms with Crippen LogP contribution in [0.15, 0.2) is 18.2 Å². The molecule has 1 aromatic carbocycles. The van der Waals surface area contributed by atoms with Crippen molar-refractivity contribution in [2.45, 2.75) is 26.0 Å². The maximum absolute atomic E-state index is 9.39. The minimum Gasteiger partial charge on any atom is -0.392 e. The highest BCUT2D eigenvalue weighted by atomic mass is 35.5. The zero-order chi connectivity index (χ0) is 12.8. The lowest BCUT2D eigenvalue weighted by molar-refractivity contribution is 0.282. The molecule has 1 unspecified atom stereocenters. The highest BCUT2D eigenvalue weighted by molar-refractivity contribution is 7.98. The molecule has 1 atom stereocenters. The molecule has 1 N–H and O–H groups in total. The Labute approximate surface area is 113 Å². The van der Waals surface area contributed by atoms with Gasteiger partial charge < -0.3 is 10.0 Å². The average Bonchev–Trinajstić information content (AvgIpc) is 2.34. The lowest BCUT2D eigenvalue weighted by Gasteiger charge is -2.31. The summed E-state index contributed by atoms with van der Waals surface area (Å²) < 4.78 is 0. The van der Waals surface area contributed by atoms with Gasteiger partial charge in [-0.3, -0.25) is 0 Å². The van der Waals surface area contributed by atoms with Crippen molar-refractivity contribution in [2.24, 2.45) is 0 Å². The molecule has 0 bridgehead atoms. The molecule has 0 saturated carbocycles. The van der Waals surface area contributed by atoms with Crippen molar-refractivity contribution in [3.8, 4) is 0 Å². The van der Waals surface area contributed by atoms with Gasteiger partial charge in [0.1, 0.15) is 0 Å². The summed E-state index contributed by atoms with van der Waals surface area (Å²) in [5.74, 6) is 1.06. The molecule has 0 spiro atoms. The van der Waals surface area contributed by atoms with Crippen molar-refractivity contribution >= 4 is 29.1 Å². The second-order valence-electron chi connectivity index (χ2n) is 4.03. The quantitative estimate of drug-likeness (QED) is 0.859. The summed E-state index contributed by atoms with van der Waals surface area (Å²) in [5.41, 5.74) is 1.84. The molecule has 0 heterocycles. The molecule has 0 aliphatic rings. The Balaban J connectivity index is 3.04. The minimum absolute atomic E-state index is 0.0237. The molecule has 4 heteroatoms. The van der Waals surface area contributed by atoms with E-state index in [4.69, 9.17) is 11.6 Å². The number of nitrogens with zero attached hydrogens (tertiary/aromatic N) is 1. The van der Waals surface area contributed by atoms with E-state index in [1.807, 2.05) is 37.0 Å². The van der Waals surface area contributed by atoms with Crippen molar-refractivity contribution in [1.29, 1.82) is 0 Å². The van der Waals surface area contributed by atoms with Gasteiger partial charge in [0.2, 0.25) is 0 Å². The summed E-state index contributed by atoms with van der Waals surface area (Å²) in [6.07, 6.45) is 3.17. The molecule has 0 aromatic heterocycles. The Morgan fingerprint density at radius 1 is 1.47 bits per heavy atom. The maximum Gasteiger partial charge on any atom is 0.0702 e. The van der Waals surface area contributed by atoms with Crippen molar-refractivity contribution < 1.29 is 5.11 Å². The van der Waals surface area contributed by atoms with Crippen LogP contribution in [-0.2, 0) is 6.61 Å². The van der Waals surface area contributed by atoms with E-state index in [0.29, 0.717) is 11.1 Å². The Kier molecular flexibility index (Phi) is 6.17. The summed E-state index contributed by atoms with van der Waals surface area (Å²) in [4.78, 5) is 2.18. The maximum atomic E-state index is 9.39. The number of benzene rings is 1. The van der Waals surface area contributed by atoms with Gasteiger partial charge in [0.25, 0.3) is 0 Å². The van der Waals surface area contributed by atoms with Gasteiger partial charge in [0.05, 0.1) is 17.3 Å². The molecule has 0 aliphatic heterocycles. The first kappa shape index (κ1) is 14.7. The lowest BCUT2D eigenvalue weighted by Crippen LogP contribution is -2.34. The van der Waals surface area contributed by atoms with Crippen LogP contribution < -0.4 is 4.90 Å². The summed E-state index contributed by atoms with van der Waals surface area (Å²) in [7, 11) is 2.05. The van der Waals surface area contributed by atoms with Gasteiger partial charge in [-0.2, -0.15) is 11.8 Å². The van der Waals surface area contributed by atoms with Crippen LogP contribution in [0.25, 0.3) is 0 Å². The lowest BCUT2D eigenvalue weighted by atomic mass is 10.1. The summed E-state index contributed by atoms with van der Waals surface area (Å²) in [6, 6.07) is 6.11. The molecule has 17 heavy (non-hydrogen) atoms. The summed E-state index contributed by atoms with van der Waals surface area (Å²) in [5, 5.41) is 10.1. The third kappa shape index (κ3) is 3.54. The molecule has 2 nitrogen and oxygen atoms in total. The van der Waals surface area contributed by atoms with Crippen molar-refractivity contribution in [3.63, 3.8) is 0 Å². The van der Waals surface area contributed by atoms with Gasteiger partial charge in [-0.25, -0.2) is 0 Å². The van der Waals surface area contributed by atoms with Gasteiger partial charge in [-0.15, -0.1) is 0 Å². The number of aliphatic hydroxyl groups excluding tert-OH is 1. The van der Waals surface area contributed by atoms with E-state index >= 15 is 0 Å². The molecule has 1 rings (SSSR count). The van der Waals surface area contributed by atoms with Crippen molar-refractivity contribution in [2.75, 3.05) is 24.0 Å². The highest BCUT2D eigenvalue weighted by Gasteiger charge is 2.17. The third-order valence-corrected chi connectivity index (χ3v) is 3.99. The Hall–Kier alpha value is -0.380. The largest absolute Gasteiger partial charge is 0.392 e. The van der Waals surface area contributed by atoms with Crippen molar-refractivity contribution in [3.05, 3.63) is 28.8 Å². The van der Waals surface area contributed by atoms with E-state index in [0.717, 1.165) is 23.4 Å². The number of halogens is 1. The number of anilines is 1. The van der Waals surface area contributed by atoms with Crippen LogP contribution in [0.5, 0.6) is 0 Å². The molecule has 0 fully saturated rings. The zero-order valence-electron chi connectivity index (χ0n) is 10.6. The summed E-state index contributed by atoms with van der Waals surface area (Å²) >= 11 is 8.07. The van der Waals surface area contributed by atoms with E-state index in [-0.39, 0.29) is 6.61 Å². The van der Waals surface area contributed by atoms with E-state index in [2.05, 4.69) is 18.1 Å². The molecule has 0 saturated heterocycles. The first-order chi connectivity index (χ1) is 8.15. The standard InChI is InChI=1S/C13H20ClNOS/c1-4-11(9-17-3)15(2)13-10(8-16)6-5-7-12(13)14/h5-7,11,16H,4,8-9H2,1-3H3. The van der Waals surface area contributed by atoms with Crippen LogP contribution in [0.1, 0.15) is 18.9 Å². The van der Waals surface area contributed by atoms with Gasteiger partial charge in [0, 0.05) is 24.4 Å². The fourth-order valence-electron chi connectivity index (χ4n) is 1.96. The van der Waals surface area contributed by atoms with Crippen LogP contribution in [0.2, 0.25) is 5.02 Å². The van der Waals surface area contributed by atoms with Gasteiger partial charge in [-0.05, 0) is 18.7 Å². The fraction of sp³-hybridized carbons (Fsp3) is 0.538. The number of thioether (sulfide) groups is 1. The van der Waals surface area contributed by atoms with Crippen molar-refractivity contribution in [1.82, 2.24) is 0 Å². The predicted molar refractivity (Wildman–Crippen MR) is 78.2 cm³/mol. The Bertz CT molecular complexity index is 359. The van der Waals surface area contributed by atoms with Crippen LogP contribution in [-0.4, -0.2) is 30.2 Å². The second-order valence-corrected chi connectivity index (χ2v) is 5.35. The average molecular weight is 274 g/mol. The predicted octanol–water partition coefficient (Wildman–Crippen LogP) is 3.41. The van der Waals surface area contributed by atoms with Gasteiger partial charge in [-0.1, -0.05) is 30.7 Å². The SMILES string of the molecule is CCC(CSC)N(C)c1c(Cl)cccc1CO. The van der Waals surface area contributed by atoms with Crippen LogP contribution in [0.3, 0.4) is 0 Å². The van der Waals surface area contributed by atoms with Crippen LogP contribution in [0, 0.1) is 0 Å². The highest BCUT2D eigenvalue weighted by Crippen LogP contribution is 2.31. The monoisotopic (exact) mass is 273 g/mol. The second kappa shape index (κ2) is 7.14. The molecule has 0 amide bonds. The van der Waals surface area contributed by atoms with E-state index in [1.165, 1.54) is 0 Å². The van der Waals surface area contributed by atoms with Crippen LogP contribution >= 0.6 is 23.4 Å². The molecule has 96 valence electrons. The Morgan fingerprint density at radius 2 is 2.18 bits per heavy atom. The molecular formula is C13H20ClNOS. The van der Waals surface area contributed by atoms with E-state index < -0.39 is 0 Å². The number of hydrogen-bond acceptors (Lipinski definition) is 3. The van der Waals surface area contributed by atoms with E-state index in [1.54, 1.807) is 0 Å². The molecule has 0 aliphatic carbocycles. The minimum atomic E-state index is 0.0237. The third-order valence-electron chi connectivity index (χ3n) is 2.97. The molecular weight excluding hydrogens is 254 g/mol. The number of aliphatic hydroxyl groups is 1. The first-order valence-corrected chi connectivity index (χ1v) is 7.52. The smallest absolute Gasteiger partial charge is 0.0702 e. The number of hydrogen-bond donors (Lipinski definition) is 1. The fourth-order valence-corrected chi connectivity index (χ4v) is 3.13. The molecule has 0 radical (unpaired) electrons. The topological polar surface area (TPSA) is 23.5 Å². The first-order valence-electron chi connectivity index (χ1n) is 5.75. The van der Waals surface area contributed by atoms with E-state index in [9.17, 15) is 5.11 Å². The van der Waals surface area contributed by atoms with Crippen LogP contribution in [0.4, 0.5) is 5.69 Å². The van der Waals surface area contributed by atoms with Gasteiger partial charge in [0.15, 0.2) is 0 Å². The number of rotatable bonds is 6. The normalized spacial score (nSPS) is 12.5. The zero-order valence-corrected chi connectivity index (χ0v) is 12.2. The summed E-state index contributed by atoms with van der Waals surface area (Å²) in [6.45, 7) is 2.20. The number of para-hydroxylation sites is 1. The van der Waals surface area contributed by atoms with Gasteiger partial charge >= 0.3 is 0 Å². The molecule has 1 aromatic rings.